The Kier molecular flexibility index (Phi) is 5.22. The van der Waals surface area contributed by atoms with Crippen molar-refractivity contribution in [3.63, 3.8) is 0 Å². The number of amides is 1. The molecule has 1 aliphatic rings. The van der Waals surface area contributed by atoms with E-state index >= 15 is 0 Å². The quantitative estimate of drug-likeness (QED) is 0.826. The van der Waals surface area contributed by atoms with Crippen LogP contribution in [0.5, 0.6) is 0 Å². The Morgan fingerprint density at radius 2 is 1.95 bits per heavy atom. The molecule has 1 aliphatic carbocycles. The molecule has 110 valence electrons. The Morgan fingerprint density at radius 1 is 1.30 bits per heavy atom. The molecule has 0 aliphatic heterocycles. The van der Waals surface area contributed by atoms with Crippen LogP contribution >= 0.6 is 15.9 Å². The third-order valence-electron chi connectivity index (χ3n) is 4.24. The van der Waals surface area contributed by atoms with E-state index in [4.69, 9.17) is 5.73 Å². The number of rotatable bonds is 4. The van der Waals surface area contributed by atoms with Gasteiger partial charge in [0, 0.05) is 10.5 Å². The SMILES string of the molecule is CC(NC1CCCCCC1)(C(N)=O)c1cccc(Br)c1. The van der Waals surface area contributed by atoms with Gasteiger partial charge < -0.3 is 5.73 Å². The van der Waals surface area contributed by atoms with Gasteiger partial charge in [0.1, 0.15) is 5.54 Å². The lowest BCUT2D eigenvalue weighted by atomic mass is 9.89. The molecule has 20 heavy (non-hydrogen) atoms. The summed E-state index contributed by atoms with van der Waals surface area (Å²) in [6.45, 7) is 1.89. The van der Waals surface area contributed by atoms with Gasteiger partial charge in [0.2, 0.25) is 5.91 Å². The van der Waals surface area contributed by atoms with Crippen LogP contribution < -0.4 is 11.1 Å². The molecule has 1 atom stereocenters. The summed E-state index contributed by atoms with van der Waals surface area (Å²) in [6, 6.07) is 8.19. The first-order chi connectivity index (χ1) is 9.52. The van der Waals surface area contributed by atoms with Crippen LogP contribution in [0.1, 0.15) is 51.0 Å². The lowest BCUT2D eigenvalue weighted by Crippen LogP contribution is -2.54. The number of halogens is 1. The summed E-state index contributed by atoms with van der Waals surface area (Å²) in [5, 5.41) is 3.52. The fraction of sp³-hybridized carbons (Fsp3) is 0.562. The van der Waals surface area contributed by atoms with E-state index in [1.807, 2.05) is 31.2 Å². The van der Waals surface area contributed by atoms with Gasteiger partial charge in [0.25, 0.3) is 0 Å². The van der Waals surface area contributed by atoms with Gasteiger partial charge in [-0.2, -0.15) is 0 Å². The van der Waals surface area contributed by atoms with Gasteiger partial charge in [-0.1, -0.05) is 53.7 Å². The Bertz CT molecular complexity index is 469. The lowest BCUT2D eigenvalue weighted by Gasteiger charge is -2.33. The Labute approximate surface area is 129 Å². The number of carbonyl (C=O) groups is 1. The molecule has 0 aromatic heterocycles. The molecule has 0 spiro atoms. The van der Waals surface area contributed by atoms with E-state index in [1.54, 1.807) is 0 Å². The van der Waals surface area contributed by atoms with E-state index < -0.39 is 5.54 Å². The molecule has 0 heterocycles. The van der Waals surface area contributed by atoms with E-state index in [1.165, 1.54) is 25.7 Å². The molecule has 0 radical (unpaired) electrons. The van der Waals surface area contributed by atoms with Crippen LogP contribution in [-0.2, 0) is 10.3 Å². The molecule has 4 heteroatoms. The normalized spacial score (nSPS) is 20.1. The predicted molar refractivity (Wildman–Crippen MR) is 85.3 cm³/mol. The van der Waals surface area contributed by atoms with Crippen LogP contribution in [0.15, 0.2) is 28.7 Å². The fourth-order valence-electron chi connectivity index (χ4n) is 2.93. The van der Waals surface area contributed by atoms with Crippen molar-refractivity contribution in [2.45, 2.75) is 57.0 Å². The zero-order valence-electron chi connectivity index (χ0n) is 12.0. The van der Waals surface area contributed by atoms with E-state index in [9.17, 15) is 4.79 Å². The maximum Gasteiger partial charge on any atom is 0.242 e. The minimum absolute atomic E-state index is 0.320. The molecular weight excluding hydrogens is 316 g/mol. The molecule has 1 amide bonds. The van der Waals surface area contributed by atoms with Crippen molar-refractivity contribution in [2.24, 2.45) is 5.73 Å². The summed E-state index contributed by atoms with van der Waals surface area (Å²) >= 11 is 3.46. The monoisotopic (exact) mass is 338 g/mol. The molecule has 1 saturated carbocycles. The minimum atomic E-state index is -0.807. The van der Waals surface area contributed by atoms with Gasteiger partial charge >= 0.3 is 0 Å². The summed E-state index contributed by atoms with van der Waals surface area (Å²) < 4.78 is 0.963. The number of nitrogens with two attached hydrogens (primary N) is 1. The van der Waals surface area contributed by atoms with E-state index in [0.717, 1.165) is 22.9 Å². The highest BCUT2D eigenvalue weighted by atomic mass is 79.9. The Hall–Kier alpha value is -0.870. The first-order valence-corrected chi connectivity index (χ1v) is 8.15. The summed E-state index contributed by atoms with van der Waals surface area (Å²) in [4.78, 5) is 12.0. The molecule has 1 aromatic rings. The standard InChI is InChI=1S/C16H23BrN2O/c1-16(15(18)20,12-7-6-8-13(17)11-12)19-14-9-4-2-3-5-10-14/h6-8,11,14,19H,2-5,9-10H2,1H3,(H2,18,20). The fourth-order valence-corrected chi connectivity index (χ4v) is 3.33. The van der Waals surface area contributed by atoms with Crippen LogP contribution in [0.2, 0.25) is 0 Å². The summed E-state index contributed by atoms with van der Waals surface area (Å²) in [5.41, 5.74) is 5.81. The highest BCUT2D eigenvalue weighted by Crippen LogP contribution is 2.27. The third-order valence-corrected chi connectivity index (χ3v) is 4.74. The van der Waals surface area contributed by atoms with Crippen molar-refractivity contribution < 1.29 is 4.79 Å². The molecule has 1 aromatic carbocycles. The number of hydrogen-bond donors (Lipinski definition) is 2. The first-order valence-electron chi connectivity index (χ1n) is 7.36. The van der Waals surface area contributed by atoms with Crippen molar-refractivity contribution in [1.29, 1.82) is 0 Å². The van der Waals surface area contributed by atoms with Crippen LogP contribution in [0.4, 0.5) is 0 Å². The highest BCUT2D eigenvalue weighted by Gasteiger charge is 2.35. The molecule has 1 unspecified atom stereocenters. The molecule has 2 rings (SSSR count). The van der Waals surface area contributed by atoms with Crippen molar-refractivity contribution in [1.82, 2.24) is 5.32 Å². The van der Waals surface area contributed by atoms with Crippen LogP contribution in [0, 0.1) is 0 Å². The first kappa shape index (κ1) is 15.5. The molecule has 0 saturated heterocycles. The average Bonchev–Trinajstić information content (AvgIpc) is 2.67. The largest absolute Gasteiger partial charge is 0.368 e. The number of carbonyl (C=O) groups excluding carboxylic acids is 1. The van der Waals surface area contributed by atoms with Crippen molar-refractivity contribution >= 4 is 21.8 Å². The molecule has 1 fully saturated rings. The number of nitrogens with one attached hydrogen (secondary N) is 1. The second-order valence-electron chi connectivity index (χ2n) is 5.83. The van der Waals surface area contributed by atoms with Crippen molar-refractivity contribution in [3.8, 4) is 0 Å². The number of primary amides is 1. The topological polar surface area (TPSA) is 55.1 Å². The minimum Gasteiger partial charge on any atom is -0.368 e. The van der Waals surface area contributed by atoms with Gasteiger partial charge in [-0.05, 0) is 37.5 Å². The molecular formula is C16H23BrN2O. The molecule has 3 N–H and O–H groups in total. The highest BCUT2D eigenvalue weighted by molar-refractivity contribution is 9.10. The zero-order valence-corrected chi connectivity index (χ0v) is 13.6. The van der Waals surface area contributed by atoms with Gasteiger partial charge in [0.15, 0.2) is 0 Å². The lowest BCUT2D eigenvalue weighted by molar-refractivity contribution is -0.124. The van der Waals surface area contributed by atoms with Crippen LogP contribution in [0.25, 0.3) is 0 Å². The summed E-state index contributed by atoms with van der Waals surface area (Å²) in [7, 11) is 0. The van der Waals surface area contributed by atoms with E-state index in [0.29, 0.717) is 6.04 Å². The van der Waals surface area contributed by atoms with Gasteiger partial charge in [-0.15, -0.1) is 0 Å². The van der Waals surface area contributed by atoms with Gasteiger partial charge in [0.05, 0.1) is 0 Å². The summed E-state index contributed by atoms with van der Waals surface area (Å²) in [5.74, 6) is -0.320. The summed E-state index contributed by atoms with van der Waals surface area (Å²) in [6.07, 6.45) is 7.29. The average molecular weight is 339 g/mol. The van der Waals surface area contributed by atoms with Crippen LogP contribution in [-0.4, -0.2) is 11.9 Å². The maximum atomic E-state index is 12.0. The van der Waals surface area contributed by atoms with Crippen molar-refractivity contribution in [2.75, 3.05) is 0 Å². The Balaban J connectivity index is 2.22. The van der Waals surface area contributed by atoms with E-state index in [-0.39, 0.29) is 5.91 Å². The third kappa shape index (κ3) is 3.61. The second kappa shape index (κ2) is 6.72. The Morgan fingerprint density at radius 3 is 2.50 bits per heavy atom. The zero-order chi connectivity index (χ0) is 14.6. The van der Waals surface area contributed by atoms with Gasteiger partial charge in [-0.3, -0.25) is 10.1 Å². The number of hydrogen-bond acceptors (Lipinski definition) is 2. The number of benzene rings is 1. The predicted octanol–water partition coefficient (Wildman–Crippen LogP) is 3.46. The maximum absolute atomic E-state index is 12.0. The smallest absolute Gasteiger partial charge is 0.242 e. The van der Waals surface area contributed by atoms with Crippen LogP contribution in [0.3, 0.4) is 0 Å². The molecule has 0 bridgehead atoms. The molecule has 3 nitrogen and oxygen atoms in total. The van der Waals surface area contributed by atoms with Gasteiger partial charge in [-0.25, -0.2) is 0 Å². The van der Waals surface area contributed by atoms with E-state index in [2.05, 4.69) is 21.2 Å². The second-order valence-corrected chi connectivity index (χ2v) is 6.75. The van der Waals surface area contributed by atoms with Crippen molar-refractivity contribution in [3.05, 3.63) is 34.3 Å².